The van der Waals surface area contributed by atoms with E-state index in [2.05, 4.69) is 9.56 Å². The number of fused-ring (bicyclic) bond motifs is 2. The molecular formula is C23H21ClN4O2. The van der Waals surface area contributed by atoms with E-state index in [9.17, 15) is 9.59 Å². The summed E-state index contributed by atoms with van der Waals surface area (Å²) < 4.78 is 2.14. The maximum Gasteiger partial charge on any atom is 0.278 e. The fourth-order valence-corrected chi connectivity index (χ4v) is 3.74. The van der Waals surface area contributed by atoms with Gasteiger partial charge in [0.05, 0.1) is 23.5 Å². The molecular weight excluding hydrogens is 400 g/mol. The van der Waals surface area contributed by atoms with Crippen LogP contribution in [-0.4, -0.2) is 41.7 Å². The van der Waals surface area contributed by atoms with E-state index in [4.69, 9.17) is 11.6 Å². The predicted octanol–water partition coefficient (Wildman–Crippen LogP) is 4.08. The number of hydrogen-bond donors (Lipinski definition) is 0. The molecule has 0 radical (unpaired) electrons. The van der Waals surface area contributed by atoms with Gasteiger partial charge in [-0.2, -0.15) is 4.99 Å². The molecule has 0 saturated carbocycles. The van der Waals surface area contributed by atoms with E-state index >= 15 is 0 Å². The number of aliphatic imine (C=N–C) groups is 1. The van der Waals surface area contributed by atoms with E-state index in [1.165, 1.54) is 12.4 Å². The fraction of sp³-hybridized carbons (Fsp3) is 0.174. The number of benzene rings is 2. The maximum atomic E-state index is 13.5. The Hall–Kier alpha value is -3.38. The Kier molecular flexibility index (Phi) is 5.42. The second-order valence-electron chi connectivity index (χ2n) is 7.36. The van der Waals surface area contributed by atoms with E-state index in [0.29, 0.717) is 24.2 Å². The normalized spacial score (nSPS) is 13.0. The summed E-state index contributed by atoms with van der Waals surface area (Å²) in [5, 5.41) is 0.225. The first-order chi connectivity index (χ1) is 14.4. The van der Waals surface area contributed by atoms with E-state index in [1.807, 2.05) is 42.6 Å². The van der Waals surface area contributed by atoms with Crippen molar-refractivity contribution in [2.24, 2.45) is 4.99 Å². The van der Waals surface area contributed by atoms with Crippen LogP contribution in [0, 0.1) is 0 Å². The maximum absolute atomic E-state index is 13.5. The van der Waals surface area contributed by atoms with Gasteiger partial charge in [-0.25, -0.2) is 0 Å². The first kappa shape index (κ1) is 19.9. The first-order valence-electron chi connectivity index (χ1n) is 9.52. The zero-order chi connectivity index (χ0) is 21.3. The zero-order valence-electron chi connectivity index (χ0n) is 16.7. The molecule has 0 spiro atoms. The van der Waals surface area contributed by atoms with Crippen molar-refractivity contribution in [3.8, 4) is 0 Å². The molecule has 0 N–H and O–H groups in total. The molecule has 0 atom stereocenters. The number of nitrogens with zero attached hydrogens (tertiary/aromatic N) is 4. The predicted molar refractivity (Wildman–Crippen MR) is 118 cm³/mol. The van der Waals surface area contributed by atoms with Gasteiger partial charge in [-0.1, -0.05) is 29.8 Å². The van der Waals surface area contributed by atoms with Gasteiger partial charge < -0.3 is 14.4 Å². The average Bonchev–Trinajstić information content (AvgIpc) is 3.10. The van der Waals surface area contributed by atoms with Gasteiger partial charge in [-0.05, 0) is 42.0 Å². The number of carbonyl (C=O) groups excluding carboxylic acids is 2. The highest BCUT2D eigenvalue weighted by Gasteiger charge is 2.26. The first-order valence-corrected chi connectivity index (χ1v) is 9.90. The molecule has 2 amide bonds. The summed E-state index contributed by atoms with van der Waals surface area (Å²) >= 11 is 6.43. The minimum Gasteiger partial charge on any atom is -0.369 e. The second kappa shape index (κ2) is 8.16. The van der Waals surface area contributed by atoms with Crippen molar-refractivity contribution in [3.63, 3.8) is 0 Å². The molecule has 0 unspecified atom stereocenters. The van der Waals surface area contributed by atoms with Crippen molar-refractivity contribution < 1.29 is 9.59 Å². The highest BCUT2D eigenvalue weighted by molar-refractivity contribution is 6.35. The van der Waals surface area contributed by atoms with E-state index in [0.717, 1.165) is 16.9 Å². The van der Waals surface area contributed by atoms with E-state index < -0.39 is 5.91 Å². The standard InChI is InChI=1S/C23H21ClN4O2/c1-26(2)15-25-22(29)16-9-10-19(20(24)12-16)23(30)28-14-18-7-5-11-27(18)13-17-6-3-4-8-21(17)28/h3-12,15H,13-14H2,1-2H3. The third-order valence-electron chi connectivity index (χ3n) is 4.96. The smallest absolute Gasteiger partial charge is 0.278 e. The van der Waals surface area contributed by atoms with E-state index in [1.54, 1.807) is 36.0 Å². The van der Waals surface area contributed by atoms with Crippen LogP contribution >= 0.6 is 11.6 Å². The molecule has 30 heavy (non-hydrogen) atoms. The number of carbonyl (C=O) groups is 2. The Bertz CT molecular complexity index is 1150. The minimum absolute atomic E-state index is 0.210. The van der Waals surface area contributed by atoms with Crippen LogP contribution in [-0.2, 0) is 13.1 Å². The van der Waals surface area contributed by atoms with Crippen LogP contribution in [0.2, 0.25) is 5.02 Å². The summed E-state index contributed by atoms with van der Waals surface area (Å²) in [6.45, 7) is 1.14. The van der Waals surface area contributed by atoms with Crippen molar-refractivity contribution in [3.05, 3.63) is 88.2 Å². The van der Waals surface area contributed by atoms with Crippen molar-refractivity contribution >= 4 is 35.4 Å². The number of para-hydroxylation sites is 1. The molecule has 6 nitrogen and oxygen atoms in total. The molecule has 1 aliphatic rings. The second-order valence-corrected chi connectivity index (χ2v) is 7.76. The Morgan fingerprint density at radius 2 is 1.87 bits per heavy atom. The van der Waals surface area contributed by atoms with E-state index in [-0.39, 0.29) is 10.9 Å². The third kappa shape index (κ3) is 3.86. The number of halogens is 1. The molecule has 0 bridgehead atoms. The molecule has 2 heterocycles. The van der Waals surface area contributed by atoms with Crippen LogP contribution in [0.25, 0.3) is 0 Å². The van der Waals surface area contributed by atoms with Crippen molar-refractivity contribution in [1.82, 2.24) is 9.47 Å². The van der Waals surface area contributed by atoms with Crippen LogP contribution in [0.3, 0.4) is 0 Å². The number of rotatable bonds is 3. The molecule has 2 aromatic carbocycles. The zero-order valence-corrected chi connectivity index (χ0v) is 17.5. The summed E-state index contributed by atoms with van der Waals surface area (Å²) in [5.74, 6) is -0.625. The number of anilines is 1. The van der Waals surface area contributed by atoms with Gasteiger partial charge in [0.25, 0.3) is 11.8 Å². The average molecular weight is 421 g/mol. The van der Waals surface area contributed by atoms with Gasteiger partial charge in [0.2, 0.25) is 0 Å². The molecule has 0 saturated heterocycles. The fourth-order valence-electron chi connectivity index (χ4n) is 3.48. The molecule has 4 rings (SSSR count). The Labute approximate surface area is 180 Å². The van der Waals surface area contributed by atoms with Gasteiger partial charge in [0.1, 0.15) is 0 Å². The summed E-state index contributed by atoms with van der Waals surface area (Å²) in [5.41, 5.74) is 3.64. The molecule has 0 fully saturated rings. The largest absolute Gasteiger partial charge is 0.369 e. The van der Waals surface area contributed by atoms with Gasteiger partial charge in [0.15, 0.2) is 0 Å². The SMILES string of the molecule is CN(C)C=NC(=O)c1ccc(C(=O)N2Cc3cccn3Cc3ccccc32)c(Cl)c1. The summed E-state index contributed by atoms with van der Waals surface area (Å²) in [7, 11) is 3.56. The summed E-state index contributed by atoms with van der Waals surface area (Å²) in [6.07, 6.45) is 3.44. The molecule has 152 valence electrons. The van der Waals surface area contributed by atoms with Crippen molar-refractivity contribution in [1.29, 1.82) is 0 Å². The van der Waals surface area contributed by atoms with Crippen LogP contribution in [0.1, 0.15) is 32.0 Å². The lowest BCUT2D eigenvalue weighted by atomic mass is 10.1. The Morgan fingerprint density at radius 3 is 2.63 bits per heavy atom. The monoisotopic (exact) mass is 420 g/mol. The molecule has 1 aliphatic heterocycles. The lowest BCUT2D eigenvalue weighted by Crippen LogP contribution is -2.30. The van der Waals surface area contributed by atoms with Gasteiger partial charge in [-0.15, -0.1) is 0 Å². The highest BCUT2D eigenvalue weighted by atomic mass is 35.5. The summed E-state index contributed by atoms with van der Waals surface area (Å²) in [6, 6.07) is 16.5. The van der Waals surface area contributed by atoms with Crippen LogP contribution in [0.5, 0.6) is 0 Å². The Balaban J connectivity index is 1.68. The topological polar surface area (TPSA) is 57.9 Å². The van der Waals surface area contributed by atoms with Gasteiger partial charge in [-0.3, -0.25) is 9.59 Å². The van der Waals surface area contributed by atoms with Gasteiger partial charge >= 0.3 is 0 Å². The van der Waals surface area contributed by atoms with Gasteiger partial charge in [0, 0.05) is 43.8 Å². The van der Waals surface area contributed by atoms with Crippen LogP contribution in [0.15, 0.2) is 65.8 Å². The minimum atomic E-state index is -0.414. The number of hydrogen-bond acceptors (Lipinski definition) is 2. The number of aromatic nitrogens is 1. The van der Waals surface area contributed by atoms with Crippen LogP contribution in [0.4, 0.5) is 5.69 Å². The number of amides is 2. The molecule has 3 aromatic rings. The lowest BCUT2D eigenvalue weighted by molar-refractivity contribution is 0.0979. The molecule has 1 aromatic heterocycles. The van der Waals surface area contributed by atoms with Crippen LogP contribution < -0.4 is 4.90 Å². The lowest BCUT2D eigenvalue weighted by Gasteiger charge is -2.23. The van der Waals surface area contributed by atoms with Crippen molar-refractivity contribution in [2.45, 2.75) is 13.1 Å². The molecule has 0 aliphatic carbocycles. The highest BCUT2D eigenvalue weighted by Crippen LogP contribution is 2.30. The van der Waals surface area contributed by atoms with Crippen molar-refractivity contribution in [2.75, 3.05) is 19.0 Å². The molecule has 7 heteroatoms. The third-order valence-corrected chi connectivity index (χ3v) is 5.28. The Morgan fingerprint density at radius 1 is 1.07 bits per heavy atom. The summed E-state index contributed by atoms with van der Waals surface area (Å²) in [4.78, 5) is 33.0. The quantitative estimate of drug-likeness (QED) is 0.474.